The summed E-state index contributed by atoms with van der Waals surface area (Å²) in [6, 6.07) is 104. The van der Waals surface area contributed by atoms with Crippen LogP contribution in [0.3, 0.4) is 0 Å². The van der Waals surface area contributed by atoms with Crippen molar-refractivity contribution < 1.29 is 20.4 Å². The molecule has 0 saturated carbocycles. The lowest BCUT2D eigenvalue weighted by Gasteiger charge is -2.33. The van der Waals surface area contributed by atoms with Gasteiger partial charge in [-0.3, -0.25) is 0 Å². The first-order chi connectivity index (χ1) is 42.8. The number of aromatic hydroxyl groups is 4. The second-order valence-corrected chi connectivity index (χ2v) is 40.6. The number of phenols is 4. The molecule has 12 aromatic rings. The van der Waals surface area contributed by atoms with Crippen LogP contribution in [0.1, 0.15) is 44.5 Å². The minimum absolute atomic E-state index is 0.141. The SMILES string of the molecule is C[Si](c1ccccc1)(c1ccccc1)c1cc2c(O)c(c1)Cc1cc([Si](C)(c3ccccc3)c3ccccc3)cc(c1O)Cc1cc([Si](C)(c3ccccc3)c3ccccc3)cc(c1O)Cc1cc([Si](C)(c3ccccc3)c3ccccc3)cc(c1O)C2. The van der Waals surface area contributed by atoms with Crippen molar-refractivity contribution in [2.45, 2.75) is 51.9 Å². The van der Waals surface area contributed by atoms with E-state index in [2.05, 4.69) is 317 Å². The maximum absolute atomic E-state index is 13.4. The highest BCUT2D eigenvalue weighted by molar-refractivity contribution is 7.12. The van der Waals surface area contributed by atoms with Crippen molar-refractivity contribution in [3.8, 4) is 23.0 Å². The van der Waals surface area contributed by atoms with Crippen molar-refractivity contribution >= 4 is 94.5 Å². The molecule has 88 heavy (non-hydrogen) atoms. The van der Waals surface area contributed by atoms with Crippen molar-refractivity contribution in [3.63, 3.8) is 0 Å². The van der Waals surface area contributed by atoms with Crippen LogP contribution >= 0.6 is 0 Å². The van der Waals surface area contributed by atoms with Crippen molar-refractivity contribution in [2.75, 3.05) is 0 Å². The first-order valence-corrected chi connectivity index (χ1v) is 40.6. The Labute approximate surface area is 522 Å². The predicted octanol–water partition coefficient (Wildman–Crippen LogP) is 9.59. The van der Waals surface area contributed by atoms with Crippen molar-refractivity contribution in [2.24, 2.45) is 0 Å². The molecule has 0 heterocycles. The fraction of sp³-hybridized carbons (Fsp3) is 0.100. The molecule has 4 N–H and O–H groups in total. The molecule has 0 aliphatic heterocycles. The molecule has 1 aliphatic rings. The van der Waals surface area contributed by atoms with Crippen LogP contribution in [0.25, 0.3) is 0 Å². The average molecular weight is 1210 g/mol. The predicted molar refractivity (Wildman–Crippen MR) is 377 cm³/mol. The first-order valence-electron chi connectivity index (χ1n) is 30.6. The third-order valence-corrected chi connectivity index (χ3v) is 37.4. The Kier molecular flexibility index (Phi) is 15.6. The molecule has 1 aliphatic carbocycles. The van der Waals surface area contributed by atoms with Gasteiger partial charge in [0.25, 0.3) is 0 Å². The van der Waals surface area contributed by atoms with Crippen LogP contribution in [0.15, 0.2) is 291 Å². The zero-order valence-corrected chi connectivity index (χ0v) is 54.3. The van der Waals surface area contributed by atoms with Crippen LogP contribution in [0, 0.1) is 0 Å². The van der Waals surface area contributed by atoms with E-state index in [0.29, 0.717) is 44.5 Å². The topological polar surface area (TPSA) is 80.9 Å². The normalized spacial score (nSPS) is 12.8. The van der Waals surface area contributed by atoms with E-state index >= 15 is 0 Å². The molecule has 0 atom stereocenters. The first kappa shape index (κ1) is 57.8. The van der Waals surface area contributed by atoms with E-state index in [1.54, 1.807) is 0 Å². The van der Waals surface area contributed by atoms with Gasteiger partial charge in [-0.2, -0.15) is 0 Å². The van der Waals surface area contributed by atoms with Crippen molar-refractivity contribution in [3.05, 3.63) is 336 Å². The maximum atomic E-state index is 13.4. The summed E-state index contributed by atoms with van der Waals surface area (Å²) in [5.74, 6) is 0.562. The molecule has 0 amide bonds. The van der Waals surface area contributed by atoms with Gasteiger partial charge in [-0.1, -0.05) is 317 Å². The molecule has 8 heteroatoms. The Morgan fingerprint density at radius 1 is 0.182 bits per heavy atom. The summed E-state index contributed by atoms with van der Waals surface area (Å²) in [5, 5.41) is 67.8. The van der Waals surface area contributed by atoms with Crippen LogP contribution < -0.4 is 62.2 Å². The molecule has 0 unspecified atom stereocenters. The van der Waals surface area contributed by atoms with Gasteiger partial charge >= 0.3 is 0 Å². The number of hydrogen-bond acceptors (Lipinski definition) is 4. The average Bonchev–Trinajstić information content (AvgIpc) is 1.18. The van der Waals surface area contributed by atoms with Gasteiger partial charge in [-0.25, -0.2) is 0 Å². The molecule has 432 valence electrons. The van der Waals surface area contributed by atoms with Gasteiger partial charge in [0.2, 0.25) is 0 Å². The van der Waals surface area contributed by atoms with Crippen LogP contribution in [0.2, 0.25) is 26.2 Å². The Morgan fingerprint density at radius 2 is 0.295 bits per heavy atom. The maximum Gasteiger partial charge on any atom is 0.145 e. The summed E-state index contributed by atoms with van der Waals surface area (Å²) < 4.78 is 0. The van der Waals surface area contributed by atoms with Crippen LogP contribution in [0.4, 0.5) is 0 Å². The Morgan fingerprint density at radius 3 is 0.409 bits per heavy atom. The van der Waals surface area contributed by atoms with Gasteiger partial charge in [-0.05, 0) is 107 Å². The zero-order valence-electron chi connectivity index (χ0n) is 50.3. The summed E-state index contributed by atoms with van der Waals surface area (Å²) in [7, 11) is -11.5. The van der Waals surface area contributed by atoms with Crippen molar-refractivity contribution in [1.82, 2.24) is 0 Å². The third-order valence-electron chi connectivity index (χ3n) is 19.7. The molecule has 0 radical (unpaired) electrons. The summed E-state index contributed by atoms with van der Waals surface area (Å²) in [6.45, 7) is 9.62. The quantitative estimate of drug-likeness (QED) is 0.0727. The van der Waals surface area contributed by atoms with E-state index in [1.165, 1.54) is 41.5 Å². The molecule has 4 nitrogen and oxygen atoms in total. The molecule has 8 bridgehead atoms. The molecule has 0 saturated heterocycles. The standard InChI is InChI=1S/C80H72O4Si4/c1-85(65-29-13-5-14-30-65,66-31-15-6-16-32-66)73-49-57-45-59-51-74(86(2,67-33-17-7-18-34-67)68-35-19-8-20-36-68)53-61(78(59)82)47-63-55-76(88(4,71-41-25-11-26-42-71)72-43-27-12-28-44-72)56-64(80(63)84)48-62-54-75(52-60(79(62)83)46-58(50-73)77(57)81)87(3,69-37-21-9-22-38-69)70-39-23-10-24-40-70/h5-44,49-56,81-84H,45-48H2,1-4H3. The number of hydrogen-bond donors (Lipinski definition) is 4. The van der Waals surface area contributed by atoms with E-state index in [9.17, 15) is 20.4 Å². The minimum Gasteiger partial charge on any atom is -0.507 e. The Hall–Kier alpha value is -9.29. The van der Waals surface area contributed by atoms with Gasteiger partial charge in [0.1, 0.15) is 55.3 Å². The summed E-state index contributed by atoms with van der Waals surface area (Å²) in [6.07, 6.45) is 0.817. The number of rotatable bonds is 12. The molecule has 12 aromatic carbocycles. The summed E-state index contributed by atoms with van der Waals surface area (Å²) in [5.41, 5.74) is 5.52. The second-order valence-electron chi connectivity index (χ2n) is 24.7. The molecular weight excluding hydrogens is 1140 g/mol. The number of phenolic OH excluding ortho intramolecular Hbond substituents is 4. The molecule has 0 fully saturated rings. The lowest BCUT2D eigenvalue weighted by Crippen LogP contribution is -2.65. The zero-order chi connectivity index (χ0) is 60.6. The van der Waals surface area contributed by atoms with E-state index in [0.717, 1.165) is 20.7 Å². The van der Waals surface area contributed by atoms with E-state index in [-0.39, 0.29) is 48.7 Å². The minimum atomic E-state index is -2.88. The summed E-state index contributed by atoms with van der Waals surface area (Å²) >= 11 is 0. The Balaban J connectivity index is 1.14. The lowest BCUT2D eigenvalue weighted by molar-refractivity contribution is 0.451. The molecule has 0 spiro atoms. The number of benzene rings is 12. The smallest absolute Gasteiger partial charge is 0.145 e. The van der Waals surface area contributed by atoms with Gasteiger partial charge in [0, 0.05) is 25.7 Å². The van der Waals surface area contributed by atoms with Gasteiger partial charge in [0.15, 0.2) is 0 Å². The van der Waals surface area contributed by atoms with Gasteiger partial charge in [0.05, 0.1) is 0 Å². The highest BCUT2D eigenvalue weighted by atomic mass is 28.3. The third kappa shape index (κ3) is 10.3. The highest BCUT2D eigenvalue weighted by Crippen LogP contribution is 2.38. The Bertz CT molecular complexity index is 3630. The lowest BCUT2D eigenvalue weighted by atomic mass is 9.91. The monoisotopic (exact) mass is 1210 g/mol. The van der Waals surface area contributed by atoms with Crippen molar-refractivity contribution in [1.29, 1.82) is 0 Å². The summed E-state index contributed by atoms with van der Waals surface area (Å²) in [4.78, 5) is 0. The molecule has 0 aromatic heterocycles. The second kappa shape index (κ2) is 23.8. The van der Waals surface area contributed by atoms with E-state index in [4.69, 9.17) is 0 Å². The molecular formula is C80H72O4Si4. The highest BCUT2D eigenvalue weighted by Gasteiger charge is 2.41. The fourth-order valence-corrected chi connectivity index (χ4v) is 28.8. The van der Waals surface area contributed by atoms with Gasteiger partial charge in [-0.15, -0.1) is 0 Å². The van der Waals surface area contributed by atoms with Crippen LogP contribution in [-0.4, -0.2) is 52.7 Å². The van der Waals surface area contributed by atoms with Crippen LogP contribution in [-0.2, 0) is 25.7 Å². The fourth-order valence-electron chi connectivity index (χ4n) is 14.3. The van der Waals surface area contributed by atoms with Gasteiger partial charge < -0.3 is 20.4 Å². The number of fused-ring (bicyclic) bond motifs is 8. The van der Waals surface area contributed by atoms with Crippen LogP contribution in [0.5, 0.6) is 23.0 Å². The van der Waals surface area contributed by atoms with E-state index in [1.807, 2.05) is 0 Å². The van der Waals surface area contributed by atoms with E-state index < -0.39 is 32.3 Å². The largest absolute Gasteiger partial charge is 0.507 e. The molecule has 13 rings (SSSR count).